The fourth-order valence-electron chi connectivity index (χ4n) is 4.86. The zero-order valence-corrected chi connectivity index (χ0v) is 14.7. The molecule has 0 radical (unpaired) electrons. The third-order valence-electron chi connectivity index (χ3n) is 6.08. The first-order chi connectivity index (χ1) is 12.9. The molecule has 1 N–H and O–H groups in total. The summed E-state index contributed by atoms with van der Waals surface area (Å²) in [5, 5.41) is 3.80. The quantitative estimate of drug-likeness (QED) is 0.389. The molecule has 0 bridgehead atoms. The van der Waals surface area contributed by atoms with Crippen LogP contribution >= 0.6 is 0 Å². The Labute approximate surface area is 151 Å². The van der Waals surface area contributed by atoms with Crippen molar-refractivity contribution >= 4 is 38.4 Å². The molecule has 0 atom stereocenters. The Balaban J connectivity index is 1.81. The number of fused-ring (bicyclic) bond motifs is 7. The Hall–Kier alpha value is -2.81. The van der Waals surface area contributed by atoms with E-state index in [9.17, 15) is 0 Å². The summed E-state index contributed by atoms with van der Waals surface area (Å²) in [5.74, 6) is 1.79. The van der Waals surface area contributed by atoms with Crippen LogP contribution in [0.4, 0.5) is 0 Å². The average molecular weight is 339 g/mol. The second-order valence-electron chi connectivity index (χ2n) is 7.62. The zero-order chi connectivity index (χ0) is 17.1. The van der Waals surface area contributed by atoms with Crippen molar-refractivity contribution in [3.05, 3.63) is 60.4 Å². The molecule has 1 aliphatic carbocycles. The minimum absolute atomic E-state index is 0.554. The predicted molar refractivity (Wildman–Crippen MR) is 108 cm³/mol. The van der Waals surface area contributed by atoms with Crippen molar-refractivity contribution in [2.24, 2.45) is 0 Å². The summed E-state index contributed by atoms with van der Waals surface area (Å²) >= 11 is 0. The van der Waals surface area contributed by atoms with Gasteiger partial charge in [-0.1, -0.05) is 55.7 Å². The van der Waals surface area contributed by atoms with Crippen molar-refractivity contribution in [1.29, 1.82) is 0 Å². The molecule has 1 saturated carbocycles. The van der Waals surface area contributed by atoms with Crippen molar-refractivity contribution in [3.63, 3.8) is 0 Å². The number of nitrogens with one attached hydrogen (secondary N) is 1. The highest BCUT2D eigenvalue weighted by molar-refractivity contribution is 6.15. The Morgan fingerprint density at radius 1 is 0.885 bits per heavy atom. The smallest absolute Gasteiger partial charge is 0.142 e. The lowest BCUT2D eigenvalue weighted by molar-refractivity contribution is 0.427. The van der Waals surface area contributed by atoms with Crippen LogP contribution in [0.15, 0.2) is 54.6 Å². The molecular formula is C23H21N3. The van der Waals surface area contributed by atoms with Crippen molar-refractivity contribution in [2.45, 2.75) is 38.0 Å². The van der Waals surface area contributed by atoms with E-state index in [0.29, 0.717) is 5.92 Å². The van der Waals surface area contributed by atoms with Gasteiger partial charge in [-0.25, -0.2) is 4.98 Å². The fraction of sp³-hybridized carbons (Fsp3) is 0.261. The topological polar surface area (TPSA) is 33.1 Å². The second-order valence-corrected chi connectivity index (χ2v) is 7.62. The van der Waals surface area contributed by atoms with Crippen LogP contribution in [0.2, 0.25) is 0 Å². The molecule has 0 amide bonds. The predicted octanol–water partition coefficient (Wildman–Crippen LogP) is 6.17. The summed E-state index contributed by atoms with van der Waals surface area (Å²) in [6.45, 7) is 0. The number of hydrogen-bond donors (Lipinski definition) is 1. The van der Waals surface area contributed by atoms with Gasteiger partial charge in [0.2, 0.25) is 0 Å². The lowest BCUT2D eigenvalue weighted by atomic mass is 9.88. The van der Waals surface area contributed by atoms with E-state index in [2.05, 4.69) is 64.0 Å². The Morgan fingerprint density at radius 2 is 1.69 bits per heavy atom. The van der Waals surface area contributed by atoms with Crippen molar-refractivity contribution in [1.82, 2.24) is 14.4 Å². The molecule has 0 aliphatic heterocycles. The molecule has 128 valence electrons. The number of aromatic nitrogens is 3. The van der Waals surface area contributed by atoms with Gasteiger partial charge in [-0.15, -0.1) is 0 Å². The van der Waals surface area contributed by atoms with Crippen molar-refractivity contribution < 1.29 is 0 Å². The normalized spacial score (nSPS) is 16.3. The maximum atomic E-state index is 5.19. The van der Waals surface area contributed by atoms with Crippen molar-refractivity contribution in [3.8, 4) is 0 Å². The second kappa shape index (κ2) is 5.34. The highest BCUT2D eigenvalue weighted by Gasteiger charge is 2.23. The van der Waals surface area contributed by atoms with Crippen molar-refractivity contribution in [2.75, 3.05) is 0 Å². The van der Waals surface area contributed by atoms with E-state index in [1.54, 1.807) is 0 Å². The minimum Gasteiger partial charge on any atom is -0.339 e. The number of H-pyrrole nitrogens is 1. The van der Waals surface area contributed by atoms with Gasteiger partial charge in [-0.2, -0.15) is 0 Å². The van der Waals surface area contributed by atoms with Gasteiger partial charge in [-0.3, -0.25) is 4.40 Å². The van der Waals surface area contributed by atoms with Crippen LogP contribution in [0.5, 0.6) is 0 Å². The average Bonchev–Trinajstić information content (AvgIpc) is 3.26. The highest BCUT2D eigenvalue weighted by Crippen LogP contribution is 2.38. The van der Waals surface area contributed by atoms with Crippen LogP contribution < -0.4 is 0 Å². The summed E-state index contributed by atoms with van der Waals surface area (Å²) in [4.78, 5) is 8.76. The third-order valence-corrected chi connectivity index (χ3v) is 6.08. The molecule has 3 aromatic heterocycles. The molecule has 6 rings (SSSR count). The monoisotopic (exact) mass is 339 g/mol. The van der Waals surface area contributed by atoms with E-state index in [0.717, 1.165) is 5.65 Å². The van der Waals surface area contributed by atoms with Crippen LogP contribution in [0.1, 0.15) is 43.8 Å². The van der Waals surface area contributed by atoms with Gasteiger partial charge in [0, 0.05) is 22.2 Å². The van der Waals surface area contributed by atoms with Gasteiger partial charge < -0.3 is 4.98 Å². The largest absolute Gasteiger partial charge is 0.339 e. The van der Waals surface area contributed by atoms with E-state index in [1.807, 2.05) is 0 Å². The molecule has 3 heteroatoms. The first-order valence-corrected chi connectivity index (χ1v) is 9.71. The lowest BCUT2D eigenvalue weighted by Gasteiger charge is -2.22. The van der Waals surface area contributed by atoms with Gasteiger partial charge in [0.25, 0.3) is 0 Å². The number of hydrogen-bond acceptors (Lipinski definition) is 1. The molecule has 26 heavy (non-hydrogen) atoms. The third kappa shape index (κ3) is 1.91. The maximum Gasteiger partial charge on any atom is 0.142 e. The molecule has 0 saturated heterocycles. The van der Waals surface area contributed by atoms with Gasteiger partial charge >= 0.3 is 0 Å². The molecule has 1 aliphatic rings. The van der Waals surface area contributed by atoms with E-state index >= 15 is 0 Å². The minimum atomic E-state index is 0.554. The maximum absolute atomic E-state index is 5.19. The molecule has 5 aromatic rings. The van der Waals surface area contributed by atoms with Crippen LogP contribution in [0.3, 0.4) is 0 Å². The summed E-state index contributed by atoms with van der Waals surface area (Å²) in [7, 11) is 0. The fourth-order valence-corrected chi connectivity index (χ4v) is 4.86. The summed E-state index contributed by atoms with van der Waals surface area (Å²) in [5.41, 5.74) is 4.77. The molecule has 0 unspecified atom stereocenters. The number of aromatic amines is 1. The van der Waals surface area contributed by atoms with Crippen LogP contribution in [0.25, 0.3) is 38.4 Å². The van der Waals surface area contributed by atoms with Crippen LogP contribution in [0, 0.1) is 0 Å². The lowest BCUT2D eigenvalue weighted by Crippen LogP contribution is -2.11. The van der Waals surface area contributed by atoms with Crippen LogP contribution in [-0.2, 0) is 0 Å². The number of para-hydroxylation sites is 2. The summed E-state index contributed by atoms with van der Waals surface area (Å²) < 4.78 is 2.44. The first-order valence-electron chi connectivity index (χ1n) is 9.71. The molecule has 1 fully saturated rings. The van der Waals surface area contributed by atoms with E-state index < -0.39 is 0 Å². The number of nitrogens with zero attached hydrogens (tertiary/aromatic N) is 2. The zero-order valence-electron chi connectivity index (χ0n) is 14.7. The van der Waals surface area contributed by atoms with Gasteiger partial charge in [0.05, 0.1) is 16.4 Å². The highest BCUT2D eigenvalue weighted by atomic mass is 15.0. The Morgan fingerprint density at radius 3 is 2.62 bits per heavy atom. The molecule has 3 nitrogen and oxygen atoms in total. The first kappa shape index (κ1) is 14.4. The van der Waals surface area contributed by atoms with E-state index in [4.69, 9.17) is 4.98 Å². The summed E-state index contributed by atoms with van der Waals surface area (Å²) in [6, 6.07) is 19.6. The Kier molecular flexibility index (Phi) is 2.95. The van der Waals surface area contributed by atoms with Crippen LogP contribution in [-0.4, -0.2) is 14.4 Å². The molecule has 3 heterocycles. The van der Waals surface area contributed by atoms with E-state index in [1.165, 1.54) is 70.6 Å². The Bertz CT molecular complexity index is 1270. The molecule has 2 aromatic carbocycles. The number of benzene rings is 2. The molecular weight excluding hydrogens is 318 g/mol. The van der Waals surface area contributed by atoms with Gasteiger partial charge in [-0.05, 0) is 31.0 Å². The SMILES string of the molecule is c1ccc2c(c1)cc1c3c(nc(C4CCCCC4)n21)[nH]c1ccccc13. The number of rotatable bonds is 1. The van der Waals surface area contributed by atoms with E-state index in [-0.39, 0.29) is 0 Å². The summed E-state index contributed by atoms with van der Waals surface area (Å²) in [6.07, 6.45) is 6.50. The van der Waals surface area contributed by atoms with Gasteiger partial charge in [0.1, 0.15) is 11.5 Å². The van der Waals surface area contributed by atoms with Gasteiger partial charge in [0.15, 0.2) is 0 Å². The standard InChI is InChI=1S/C23H21N3/c1-2-8-15(9-3-1)23-25-22-21(17-11-5-6-12-18(17)24-22)20-14-16-10-4-7-13-19(16)26(20)23/h4-7,10-15,24H,1-3,8-9H2. The molecule has 0 spiro atoms.